The van der Waals surface area contributed by atoms with Gasteiger partial charge in [0.2, 0.25) is 5.91 Å². The predicted octanol–water partition coefficient (Wildman–Crippen LogP) is 1.02. The van der Waals surface area contributed by atoms with Crippen molar-refractivity contribution in [3.05, 3.63) is 28.8 Å². The van der Waals surface area contributed by atoms with Crippen LogP contribution in [0.3, 0.4) is 0 Å². The summed E-state index contributed by atoms with van der Waals surface area (Å²) in [6.45, 7) is -0.00880. The highest BCUT2D eigenvalue weighted by molar-refractivity contribution is 6.31. The Morgan fingerprint density at radius 1 is 1.29 bits per heavy atom. The molecule has 72 valence electrons. The Bertz CT molecular complexity index is 417. The van der Waals surface area contributed by atoms with Crippen LogP contribution in [0.4, 0.5) is 5.69 Å². The molecule has 1 aromatic rings. The molecule has 0 aliphatic carbocycles. The molecule has 0 saturated carbocycles. The van der Waals surface area contributed by atoms with Crippen LogP contribution in [0, 0.1) is 0 Å². The maximum absolute atomic E-state index is 11.4. The molecule has 0 unspecified atom stereocenters. The number of nitrogens with one attached hydrogen (secondary N) is 2. The van der Waals surface area contributed by atoms with Crippen LogP contribution < -0.4 is 10.6 Å². The molecule has 0 spiro atoms. The molecule has 14 heavy (non-hydrogen) atoms. The molecule has 5 heteroatoms. The summed E-state index contributed by atoms with van der Waals surface area (Å²) >= 11 is 5.74. The summed E-state index contributed by atoms with van der Waals surface area (Å²) < 4.78 is 0. The minimum absolute atomic E-state index is 0.00880. The van der Waals surface area contributed by atoms with Crippen molar-refractivity contribution in [2.75, 3.05) is 11.9 Å². The average molecular weight is 211 g/mol. The molecule has 1 aliphatic rings. The number of anilines is 1. The molecular formula is C9H7ClN2O2. The van der Waals surface area contributed by atoms with E-state index < -0.39 is 0 Å². The van der Waals surface area contributed by atoms with Crippen molar-refractivity contribution >= 4 is 29.1 Å². The summed E-state index contributed by atoms with van der Waals surface area (Å²) in [4.78, 5) is 22.5. The van der Waals surface area contributed by atoms with Gasteiger partial charge in [0.1, 0.15) is 0 Å². The van der Waals surface area contributed by atoms with E-state index in [1.54, 1.807) is 18.2 Å². The molecular weight excluding hydrogens is 204 g/mol. The number of fused-ring (bicyclic) bond motifs is 1. The summed E-state index contributed by atoms with van der Waals surface area (Å²) in [7, 11) is 0. The molecule has 0 radical (unpaired) electrons. The van der Waals surface area contributed by atoms with Crippen LogP contribution in [0.5, 0.6) is 0 Å². The van der Waals surface area contributed by atoms with E-state index in [1.165, 1.54) is 0 Å². The van der Waals surface area contributed by atoms with E-state index in [2.05, 4.69) is 10.6 Å². The van der Waals surface area contributed by atoms with Gasteiger partial charge in [-0.25, -0.2) is 0 Å². The van der Waals surface area contributed by atoms with Crippen LogP contribution in [-0.2, 0) is 4.79 Å². The largest absolute Gasteiger partial charge is 0.343 e. The standard InChI is InChI=1S/C9H7ClN2O2/c10-5-1-2-6-7(3-5)12-8(13)4-11-9(6)14/h1-3H,4H2,(H,11,14)(H,12,13). The minimum atomic E-state index is -0.269. The maximum atomic E-state index is 11.4. The van der Waals surface area contributed by atoms with Crippen molar-refractivity contribution in [3.8, 4) is 0 Å². The van der Waals surface area contributed by atoms with Gasteiger partial charge in [0.25, 0.3) is 5.91 Å². The van der Waals surface area contributed by atoms with Crippen molar-refractivity contribution in [1.82, 2.24) is 5.32 Å². The lowest BCUT2D eigenvalue weighted by Crippen LogP contribution is -2.28. The molecule has 2 amide bonds. The van der Waals surface area contributed by atoms with Gasteiger partial charge in [0.05, 0.1) is 17.8 Å². The molecule has 0 bridgehead atoms. The molecule has 0 fully saturated rings. The number of hydrogen-bond donors (Lipinski definition) is 2. The molecule has 1 aliphatic heterocycles. The third-order valence-corrected chi connectivity index (χ3v) is 2.14. The van der Waals surface area contributed by atoms with Gasteiger partial charge in [0, 0.05) is 5.02 Å². The fourth-order valence-corrected chi connectivity index (χ4v) is 1.44. The second-order valence-electron chi connectivity index (χ2n) is 2.92. The van der Waals surface area contributed by atoms with Gasteiger partial charge in [-0.15, -0.1) is 0 Å². The topological polar surface area (TPSA) is 58.2 Å². The van der Waals surface area contributed by atoms with E-state index in [9.17, 15) is 9.59 Å². The van der Waals surface area contributed by atoms with Gasteiger partial charge in [-0.1, -0.05) is 11.6 Å². The highest BCUT2D eigenvalue weighted by Crippen LogP contribution is 2.22. The Hall–Kier alpha value is -1.55. The van der Waals surface area contributed by atoms with E-state index in [0.717, 1.165) is 0 Å². The van der Waals surface area contributed by atoms with Crippen molar-refractivity contribution in [1.29, 1.82) is 0 Å². The van der Waals surface area contributed by atoms with Gasteiger partial charge in [0.15, 0.2) is 0 Å². The Morgan fingerprint density at radius 3 is 2.86 bits per heavy atom. The third-order valence-electron chi connectivity index (χ3n) is 1.91. The quantitative estimate of drug-likeness (QED) is 0.672. The van der Waals surface area contributed by atoms with Crippen LogP contribution in [0.1, 0.15) is 10.4 Å². The average Bonchev–Trinajstić information content (AvgIpc) is 2.26. The van der Waals surface area contributed by atoms with E-state index in [1.807, 2.05) is 0 Å². The highest BCUT2D eigenvalue weighted by Gasteiger charge is 2.18. The number of amides is 2. The number of carbonyl (C=O) groups is 2. The van der Waals surface area contributed by atoms with Gasteiger partial charge in [-0.3, -0.25) is 9.59 Å². The smallest absolute Gasteiger partial charge is 0.253 e. The summed E-state index contributed by atoms with van der Waals surface area (Å²) in [5.74, 6) is -0.519. The van der Waals surface area contributed by atoms with Crippen LogP contribution >= 0.6 is 11.6 Å². The second kappa shape index (κ2) is 3.31. The first-order valence-electron chi connectivity index (χ1n) is 4.04. The first-order valence-corrected chi connectivity index (χ1v) is 4.42. The van der Waals surface area contributed by atoms with Crippen LogP contribution in [0.15, 0.2) is 18.2 Å². The number of carbonyl (C=O) groups excluding carboxylic acids is 2. The van der Waals surface area contributed by atoms with Crippen molar-refractivity contribution < 1.29 is 9.59 Å². The van der Waals surface area contributed by atoms with Crippen LogP contribution in [0.25, 0.3) is 0 Å². The van der Waals surface area contributed by atoms with E-state index >= 15 is 0 Å². The lowest BCUT2D eigenvalue weighted by molar-refractivity contribution is -0.115. The molecule has 0 aromatic heterocycles. The molecule has 2 rings (SSSR count). The van der Waals surface area contributed by atoms with Crippen molar-refractivity contribution in [2.24, 2.45) is 0 Å². The number of halogens is 1. The van der Waals surface area contributed by atoms with Crippen molar-refractivity contribution in [2.45, 2.75) is 0 Å². The monoisotopic (exact) mass is 210 g/mol. The molecule has 1 heterocycles. The third kappa shape index (κ3) is 1.56. The first kappa shape index (κ1) is 9.02. The van der Waals surface area contributed by atoms with Gasteiger partial charge >= 0.3 is 0 Å². The molecule has 0 saturated heterocycles. The SMILES string of the molecule is O=C1CNC(=O)c2ccc(Cl)cc2N1. The Kier molecular flexibility index (Phi) is 2.13. The van der Waals surface area contributed by atoms with Gasteiger partial charge in [-0.05, 0) is 18.2 Å². The normalized spacial score (nSPS) is 15.2. The van der Waals surface area contributed by atoms with Crippen LogP contribution in [-0.4, -0.2) is 18.4 Å². The number of hydrogen-bond acceptors (Lipinski definition) is 2. The lowest BCUT2D eigenvalue weighted by Gasteiger charge is -2.04. The molecule has 1 aromatic carbocycles. The minimum Gasteiger partial charge on any atom is -0.343 e. The fourth-order valence-electron chi connectivity index (χ4n) is 1.27. The van der Waals surface area contributed by atoms with Gasteiger partial charge < -0.3 is 10.6 Å². The highest BCUT2D eigenvalue weighted by atomic mass is 35.5. The fraction of sp³-hybridized carbons (Fsp3) is 0.111. The zero-order valence-corrected chi connectivity index (χ0v) is 7.89. The van der Waals surface area contributed by atoms with Crippen LogP contribution in [0.2, 0.25) is 5.02 Å². The van der Waals surface area contributed by atoms with Gasteiger partial charge in [-0.2, -0.15) is 0 Å². The predicted molar refractivity (Wildman–Crippen MR) is 52.4 cm³/mol. The second-order valence-corrected chi connectivity index (χ2v) is 3.36. The number of benzene rings is 1. The van der Waals surface area contributed by atoms with E-state index in [0.29, 0.717) is 16.3 Å². The summed E-state index contributed by atoms with van der Waals surface area (Å²) in [6, 6.07) is 4.75. The number of rotatable bonds is 0. The Balaban J connectivity index is 2.52. The zero-order chi connectivity index (χ0) is 10.1. The van der Waals surface area contributed by atoms with Crippen molar-refractivity contribution in [3.63, 3.8) is 0 Å². The lowest BCUT2D eigenvalue weighted by atomic mass is 10.1. The zero-order valence-electron chi connectivity index (χ0n) is 7.13. The summed E-state index contributed by atoms with van der Waals surface area (Å²) in [6.07, 6.45) is 0. The summed E-state index contributed by atoms with van der Waals surface area (Å²) in [5, 5.41) is 5.55. The molecule has 2 N–H and O–H groups in total. The Morgan fingerprint density at radius 2 is 2.07 bits per heavy atom. The Labute approximate surface area is 85.2 Å². The van der Waals surface area contributed by atoms with E-state index in [-0.39, 0.29) is 18.4 Å². The molecule has 4 nitrogen and oxygen atoms in total. The molecule has 0 atom stereocenters. The van der Waals surface area contributed by atoms with E-state index in [4.69, 9.17) is 11.6 Å². The summed E-state index contributed by atoms with van der Waals surface area (Å²) in [5.41, 5.74) is 0.887. The maximum Gasteiger partial charge on any atom is 0.253 e. The first-order chi connectivity index (χ1) is 6.66.